The van der Waals surface area contributed by atoms with E-state index in [0.717, 1.165) is 49.0 Å². The number of nitrogens with two attached hydrogens (primary N) is 1. The first-order valence-corrected chi connectivity index (χ1v) is 11.8. The van der Waals surface area contributed by atoms with Crippen LogP contribution in [-0.2, 0) is 17.6 Å². The van der Waals surface area contributed by atoms with Gasteiger partial charge in [-0.1, -0.05) is 13.0 Å². The summed E-state index contributed by atoms with van der Waals surface area (Å²) in [7, 11) is -0.946. The van der Waals surface area contributed by atoms with Crippen LogP contribution in [0.1, 0.15) is 47.2 Å². The molecule has 3 N–H and O–H groups in total. The van der Waals surface area contributed by atoms with Gasteiger partial charge in [-0.25, -0.2) is 17.3 Å². The van der Waals surface area contributed by atoms with Crippen molar-refractivity contribution in [3.63, 3.8) is 0 Å². The number of hydrogen-bond acceptors (Lipinski definition) is 3. The van der Waals surface area contributed by atoms with Crippen LogP contribution in [0.25, 0.3) is 10.9 Å². The third-order valence-corrected chi connectivity index (χ3v) is 7.31. The molecule has 1 amide bonds. The van der Waals surface area contributed by atoms with Gasteiger partial charge in [-0.05, 0) is 54.2 Å². The van der Waals surface area contributed by atoms with Crippen molar-refractivity contribution in [3.8, 4) is 5.75 Å². The molecule has 0 radical (unpaired) electrons. The maximum atomic E-state index is 13.5. The molecular weight excluding hydrogens is 436 g/mol. The molecule has 0 saturated carbocycles. The van der Waals surface area contributed by atoms with Gasteiger partial charge in [0, 0.05) is 30.4 Å². The van der Waals surface area contributed by atoms with Gasteiger partial charge in [-0.3, -0.25) is 4.79 Å². The summed E-state index contributed by atoms with van der Waals surface area (Å²) < 4.78 is 46.5. The van der Waals surface area contributed by atoms with Crippen molar-refractivity contribution in [2.45, 2.75) is 32.3 Å². The molecule has 1 aliphatic heterocycles. The number of nitrogens with one attached hydrogen (secondary N) is 1. The standard InChI is InChI=1S/C23H25F2N3O3S/c1-2-32(30)28-7-5-15(6-8-28)19-12-27-22-17(19)10-16(11-18(22)23(26)29)31-13-14-3-4-20(24)21(25)9-14/h3-4,9-12,15,27H,2,5-8,13H2,1H3,(H2,26,29). The van der Waals surface area contributed by atoms with E-state index in [2.05, 4.69) is 4.98 Å². The number of hydrogen-bond donors (Lipinski definition) is 2. The summed E-state index contributed by atoms with van der Waals surface area (Å²) in [5, 5.41) is 0.844. The first kappa shape index (κ1) is 22.4. The Labute approximate surface area is 187 Å². The fraction of sp³-hybridized carbons (Fsp3) is 0.348. The largest absolute Gasteiger partial charge is 0.489 e. The second-order valence-corrected chi connectivity index (χ2v) is 9.59. The first-order chi connectivity index (χ1) is 15.4. The molecule has 1 atom stereocenters. The number of aromatic nitrogens is 1. The fourth-order valence-corrected chi connectivity index (χ4v) is 5.17. The average molecular weight is 462 g/mol. The van der Waals surface area contributed by atoms with Crippen molar-refractivity contribution in [2.75, 3.05) is 18.8 Å². The fourth-order valence-electron chi connectivity index (χ4n) is 4.19. The van der Waals surface area contributed by atoms with Gasteiger partial charge in [0.15, 0.2) is 11.6 Å². The van der Waals surface area contributed by atoms with Crippen LogP contribution in [0.4, 0.5) is 8.78 Å². The lowest BCUT2D eigenvalue weighted by Gasteiger charge is -2.30. The van der Waals surface area contributed by atoms with Crippen LogP contribution in [0, 0.1) is 11.6 Å². The molecule has 1 unspecified atom stereocenters. The van der Waals surface area contributed by atoms with Crippen molar-refractivity contribution >= 4 is 27.8 Å². The Morgan fingerprint density at radius 2 is 1.97 bits per heavy atom. The number of aromatic amines is 1. The highest BCUT2D eigenvalue weighted by Gasteiger charge is 2.26. The van der Waals surface area contributed by atoms with Gasteiger partial charge in [-0.2, -0.15) is 0 Å². The Morgan fingerprint density at radius 3 is 2.62 bits per heavy atom. The van der Waals surface area contributed by atoms with E-state index in [9.17, 15) is 17.8 Å². The van der Waals surface area contributed by atoms with Gasteiger partial charge in [0.25, 0.3) is 5.91 Å². The SMILES string of the molecule is CCS(=O)N1CCC(c2c[nH]c3c(C(N)=O)cc(OCc4ccc(F)c(F)c4)cc23)CC1. The molecule has 32 heavy (non-hydrogen) atoms. The van der Waals surface area contributed by atoms with E-state index in [1.54, 1.807) is 6.07 Å². The lowest BCUT2D eigenvalue weighted by molar-refractivity contribution is 0.100. The van der Waals surface area contributed by atoms with E-state index in [0.29, 0.717) is 28.1 Å². The Morgan fingerprint density at radius 1 is 1.22 bits per heavy atom. The predicted molar refractivity (Wildman–Crippen MR) is 120 cm³/mol. The first-order valence-electron chi connectivity index (χ1n) is 10.5. The Balaban J connectivity index is 1.60. The van der Waals surface area contributed by atoms with Gasteiger partial charge < -0.3 is 15.5 Å². The number of piperidine rings is 1. The maximum absolute atomic E-state index is 13.5. The zero-order valence-corrected chi connectivity index (χ0v) is 18.5. The smallest absolute Gasteiger partial charge is 0.250 e. The number of amides is 1. The van der Waals surface area contributed by atoms with E-state index in [1.165, 1.54) is 6.07 Å². The molecule has 9 heteroatoms. The molecule has 2 heterocycles. The third kappa shape index (κ3) is 4.54. The van der Waals surface area contributed by atoms with E-state index in [-0.39, 0.29) is 12.5 Å². The van der Waals surface area contributed by atoms with Gasteiger partial charge >= 0.3 is 0 Å². The summed E-state index contributed by atoms with van der Waals surface area (Å²) >= 11 is 0. The molecule has 1 saturated heterocycles. The summed E-state index contributed by atoms with van der Waals surface area (Å²) in [5.41, 5.74) is 8.08. The monoisotopic (exact) mass is 461 g/mol. The van der Waals surface area contributed by atoms with Crippen molar-refractivity contribution < 1.29 is 22.5 Å². The second kappa shape index (κ2) is 9.38. The number of benzene rings is 2. The zero-order chi connectivity index (χ0) is 22.8. The number of rotatable bonds is 7. The lowest BCUT2D eigenvalue weighted by Crippen LogP contribution is -2.35. The van der Waals surface area contributed by atoms with Gasteiger partial charge in [0.1, 0.15) is 12.4 Å². The van der Waals surface area contributed by atoms with E-state index < -0.39 is 28.5 Å². The van der Waals surface area contributed by atoms with Crippen molar-refractivity contribution in [2.24, 2.45) is 5.73 Å². The number of fused-ring (bicyclic) bond motifs is 1. The van der Waals surface area contributed by atoms with Crippen LogP contribution < -0.4 is 10.5 Å². The third-order valence-electron chi connectivity index (χ3n) is 5.88. The molecule has 4 rings (SSSR count). The lowest BCUT2D eigenvalue weighted by atomic mass is 9.89. The molecule has 0 spiro atoms. The molecule has 0 bridgehead atoms. The molecule has 3 aromatic rings. The number of H-pyrrole nitrogens is 1. The summed E-state index contributed by atoms with van der Waals surface area (Å²) in [6.07, 6.45) is 3.60. The van der Waals surface area contributed by atoms with Crippen LogP contribution in [0.2, 0.25) is 0 Å². The van der Waals surface area contributed by atoms with Crippen molar-refractivity contribution in [1.82, 2.24) is 9.29 Å². The van der Waals surface area contributed by atoms with Gasteiger partial charge in [0.2, 0.25) is 0 Å². The Kier molecular flexibility index (Phi) is 6.57. The zero-order valence-electron chi connectivity index (χ0n) is 17.7. The van der Waals surface area contributed by atoms with Crippen LogP contribution in [0.5, 0.6) is 5.75 Å². The van der Waals surface area contributed by atoms with E-state index in [4.69, 9.17) is 10.5 Å². The summed E-state index contributed by atoms with van der Waals surface area (Å²) in [6, 6.07) is 6.97. The minimum Gasteiger partial charge on any atom is -0.489 e. The topological polar surface area (TPSA) is 88.4 Å². The van der Waals surface area contributed by atoms with Crippen LogP contribution in [0.3, 0.4) is 0 Å². The molecule has 170 valence electrons. The quantitative estimate of drug-likeness (QED) is 0.558. The Bertz CT molecular complexity index is 1170. The highest BCUT2D eigenvalue weighted by molar-refractivity contribution is 7.82. The minimum atomic E-state index is -0.946. The number of halogens is 2. The molecule has 1 aromatic heterocycles. The molecular formula is C23H25F2N3O3S. The maximum Gasteiger partial charge on any atom is 0.250 e. The van der Waals surface area contributed by atoms with Gasteiger partial charge in [-0.15, -0.1) is 0 Å². The number of nitrogens with zero attached hydrogens (tertiary/aromatic N) is 1. The van der Waals surface area contributed by atoms with Gasteiger partial charge in [0.05, 0.1) is 22.1 Å². The van der Waals surface area contributed by atoms with Crippen LogP contribution in [-0.4, -0.2) is 38.2 Å². The second-order valence-electron chi connectivity index (χ2n) is 7.85. The van der Waals surface area contributed by atoms with E-state index >= 15 is 0 Å². The van der Waals surface area contributed by atoms with Crippen molar-refractivity contribution in [1.29, 1.82) is 0 Å². The summed E-state index contributed by atoms with van der Waals surface area (Å²) in [4.78, 5) is 15.2. The number of carbonyl (C=O) groups excluding carboxylic acids is 1. The molecule has 1 aliphatic rings. The molecule has 6 nitrogen and oxygen atoms in total. The van der Waals surface area contributed by atoms with Crippen LogP contribution >= 0.6 is 0 Å². The number of carbonyl (C=O) groups is 1. The average Bonchev–Trinajstić information content (AvgIpc) is 3.22. The minimum absolute atomic E-state index is 0.0158. The number of ether oxygens (including phenoxy) is 1. The number of primary amides is 1. The van der Waals surface area contributed by atoms with Crippen LogP contribution in [0.15, 0.2) is 36.5 Å². The molecule has 2 aromatic carbocycles. The molecule has 0 aliphatic carbocycles. The Hall–Kier alpha value is -2.78. The van der Waals surface area contributed by atoms with E-state index in [1.807, 2.05) is 23.5 Å². The predicted octanol–water partition coefficient (Wildman–Crippen LogP) is 3.99. The summed E-state index contributed by atoms with van der Waals surface area (Å²) in [5.74, 6) is -1.18. The normalized spacial score (nSPS) is 16.3. The highest BCUT2D eigenvalue weighted by Crippen LogP contribution is 2.36. The summed E-state index contributed by atoms with van der Waals surface area (Å²) in [6.45, 7) is 3.41. The molecule has 1 fully saturated rings. The highest BCUT2D eigenvalue weighted by atomic mass is 32.2. The van der Waals surface area contributed by atoms with Crippen molar-refractivity contribution in [3.05, 3.63) is 64.9 Å².